The number of carboxylic acids is 1. The van der Waals surface area contributed by atoms with Gasteiger partial charge in [-0.15, -0.1) is 0 Å². The van der Waals surface area contributed by atoms with Gasteiger partial charge < -0.3 is 13.3 Å². The van der Waals surface area contributed by atoms with Crippen molar-refractivity contribution in [3.63, 3.8) is 0 Å². The summed E-state index contributed by atoms with van der Waals surface area (Å²) in [5.74, 6) is -0.897. The third kappa shape index (κ3) is 11.1. The molecule has 0 aromatic heterocycles. The zero-order chi connectivity index (χ0) is 16.9. The van der Waals surface area contributed by atoms with Crippen molar-refractivity contribution in [2.24, 2.45) is 0 Å². The van der Waals surface area contributed by atoms with E-state index in [1.165, 1.54) is 0 Å². The molecule has 0 saturated heterocycles. The topological polar surface area (TPSA) is 55.8 Å². The molecule has 0 amide bonds. The van der Waals surface area contributed by atoms with E-state index < -0.39 is 31.2 Å². The first-order valence-corrected chi connectivity index (χ1v) is 16.9. The van der Waals surface area contributed by atoms with Crippen molar-refractivity contribution >= 4 is 31.2 Å². The first-order chi connectivity index (χ1) is 9.24. The van der Waals surface area contributed by atoms with E-state index in [1.54, 1.807) is 0 Å². The van der Waals surface area contributed by atoms with Crippen LogP contribution in [0.4, 0.5) is 0 Å². The minimum absolute atomic E-state index is 0.288. The molecule has 0 aromatic carbocycles. The quantitative estimate of drug-likeness (QED) is 0.357. The van der Waals surface area contributed by atoms with Gasteiger partial charge in [0.1, 0.15) is 0 Å². The Kier molecular flexibility index (Phi) is 7.78. The SMILES string of the molecule is C=C(CCCC[Si](C)(O[Si](C)(C)C)O[Si](C)(C)C)C(=O)O. The summed E-state index contributed by atoms with van der Waals surface area (Å²) >= 11 is 0. The molecule has 0 unspecified atom stereocenters. The molecule has 0 bridgehead atoms. The highest BCUT2D eigenvalue weighted by molar-refractivity contribution is 6.87. The van der Waals surface area contributed by atoms with Gasteiger partial charge in [0, 0.05) is 5.57 Å². The van der Waals surface area contributed by atoms with Crippen LogP contribution in [0, 0.1) is 0 Å². The summed E-state index contributed by atoms with van der Waals surface area (Å²) in [4.78, 5) is 10.7. The minimum Gasteiger partial charge on any atom is -0.478 e. The lowest BCUT2D eigenvalue weighted by Crippen LogP contribution is -2.52. The fourth-order valence-corrected chi connectivity index (χ4v) is 14.9. The molecule has 0 fully saturated rings. The highest BCUT2D eigenvalue weighted by Gasteiger charge is 2.39. The van der Waals surface area contributed by atoms with Gasteiger partial charge in [0.15, 0.2) is 16.6 Å². The molecule has 0 aliphatic rings. The van der Waals surface area contributed by atoms with Crippen molar-refractivity contribution in [2.75, 3.05) is 0 Å². The molecular formula is C14H32O4Si3. The molecule has 7 heteroatoms. The van der Waals surface area contributed by atoms with Gasteiger partial charge in [-0.05, 0) is 64.7 Å². The van der Waals surface area contributed by atoms with Crippen molar-refractivity contribution in [2.45, 2.75) is 71.1 Å². The predicted molar refractivity (Wildman–Crippen MR) is 95.9 cm³/mol. The second kappa shape index (κ2) is 7.87. The maximum absolute atomic E-state index is 10.7. The molecule has 0 radical (unpaired) electrons. The number of carboxylic acid groups (broad SMARTS) is 1. The maximum Gasteiger partial charge on any atom is 0.330 e. The number of unbranched alkanes of at least 4 members (excludes halogenated alkanes) is 1. The Morgan fingerprint density at radius 3 is 1.71 bits per heavy atom. The lowest BCUT2D eigenvalue weighted by atomic mass is 10.1. The van der Waals surface area contributed by atoms with E-state index in [0.29, 0.717) is 6.42 Å². The molecule has 124 valence electrons. The molecule has 4 nitrogen and oxygen atoms in total. The highest BCUT2D eigenvalue weighted by atomic mass is 28.5. The van der Waals surface area contributed by atoms with Gasteiger partial charge in [0.2, 0.25) is 0 Å². The van der Waals surface area contributed by atoms with E-state index in [4.69, 9.17) is 13.3 Å². The summed E-state index contributed by atoms with van der Waals surface area (Å²) in [6.07, 6.45) is 2.31. The standard InChI is InChI=1S/C14H32O4Si3/c1-13(14(15)16)11-9-10-12-21(8,17-19(2,3)4)18-20(5,6)7/h1,9-12H2,2-8H3,(H,15,16). The van der Waals surface area contributed by atoms with Gasteiger partial charge in [0.25, 0.3) is 0 Å². The van der Waals surface area contributed by atoms with E-state index in [9.17, 15) is 4.79 Å². The van der Waals surface area contributed by atoms with Gasteiger partial charge in [-0.3, -0.25) is 0 Å². The van der Waals surface area contributed by atoms with Crippen molar-refractivity contribution in [3.8, 4) is 0 Å². The molecule has 0 spiro atoms. The number of hydrogen-bond donors (Lipinski definition) is 1. The number of rotatable bonds is 10. The Bertz CT molecular complexity index is 353. The van der Waals surface area contributed by atoms with E-state index >= 15 is 0 Å². The Balaban J connectivity index is 4.55. The van der Waals surface area contributed by atoms with Gasteiger partial charge in [0.05, 0.1) is 0 Å². The van der Waals surface area contributed by atoms with Crippen molar-refractivity contribution < 1.29 is 18.1 Å². The van der Waals surface area contributed by atoms with E-state index in [1.807, 2.05) is 0 Å². The predicted octanol–water partition coefficient (Wildman–Crippen LogP) is 4.57. The van der Waals surface area contributed by atoms with Crippen molar-refractivity contribution in [1.29, 1.82) is 0 Å². The summed E-state index contributed by atoms with van der Waals surface area (Å²) in [7, 11) is -5.46. The van der Waals surface area contributed by atoms with Crippen LogP contribution in [-0.2, 0) is 13.0 Å². The van der Waals surface area contributed by atoms with Gasteiger partial charge in [-0.1, -0.05) is 13.0 Å². The Morgan fingerprint density at radius 1 is 0.952 bits per heavy atom. The van der Waals surface area contributed by atoms with Crippen LogP contribution < -0.4 is 0 Å². The van der Waals surface area contributed by atoms with Crippen LogP contribution >= 0.6 is 0 Å². The first kappa shape index (κ1) is 20.8. The Morgan fingerprint density at radius 2 is 1.38 bits per heavy atom. The lowest BCUT2D eigenvalue weighted by molar-refractivity contribution is -0.132. The largest absolute Gasteiger partial charge is 0.478 e. The third-order valence-electron chi connectivity index (χ3n) is 2.71. The van der Waals surface area contributed by atoms with Gasteiger partial charge in [-0.2, -0.15) is 0 Å². The highest BCUT2D eigenvalue weighted by Crippen LogP contribution is 2.26. The fourth-order valence-electron chi connectivity index (χ4n) is 2.31. The third-order valence-corrected chi connectivity index (χ3v) is 12.3. The van der Waals surface area contributed by atoms with E-state index in [2.05, 4.69) is 52.4 Å². The number of carbonyl (C=O) groups is 1. The molecule has 0 saturated carbocycles. The van der Waals surface area contributed by atoms with E-state index in [0.717, 1.165) is 18.9 Å². The molecule has 21 heavy (non-hydrogen) atoms. The van der Waals surface area contributed by atoms with Crippen LogP contribution in [0.25, 0.3) is 0 Å². The monoisotopic (exact) mass is 348 g/mol. The minimum atomic E-state index is -2.17. The number of aliphatic carboxylic acids is 1. The van der Waals surface area contributed by atoms with Crippen LogP contribution in [0.3, 0.4) is 0 Å². The smallest absolute Gasteiger partial charge is 0.330 e. The van der Waals surface area contributed by atoms with Crippen LogP contribution in [0.2, 0.25) is 51.9 Å². The first-order valence-electron chi connectivity index (χ1n) is 7.55. The van der Waals surface area contributed by atoms with Crippen LogP contribution in [0.15, 0.2) is 12.2 Å². The molecular weight excluding hydrogens is 316 g/mol. The molecule has 0 rings (SSSR count). The average Bonchev–Trinajstić information content (AvgIpc) is 2.18. The maximum atomic E-state index is 10.7. The average molecular weight is 349 g/mol. The lowest BCUT2D eigenvalue weighted by Gasteiger charge is -2.38. The Labute approximate surface area is 133 Å². The van der Waals surface area contributed by atoms with Crippen molar-refractivity contribution in [3.05, 3.63) is 12.2 Å². The summed E-state index contributed by atoms with van der Waals surface area (Å²) in [5, 5.41) is 8.82. The summed E-state index contributed by atoms with van der Waals surface area (Å²) in [6.45, 7) is 18.9. The van der Waals surface area contributed by atoms with Crippen LogP contribution in [0.1, 0.15) is 19.3 Å². The molecule has 1 N–H and O–H groups in total. The zero-order valence-corrected chi connectivity index (χ0v) is 17.7. The summed E-state index contributed by atoms with van der Waals surface area (Å²) in [6, 6.07) is 0.925. The summed E-state index contributed by atoms with van der Waals surface area (Å²) in [5.41, 5.74) is 0.288. The fraction of sp³-hybridized carbons (Fsp3) is 0.786. The zero-order valence-electron chi connectivity index (χ0n) is 14.7. The molecule has 0 heterocycles. The normalized spacial score (nSPS) is 13.3. The van der Waals surface area contributed by atoms with Crippen LogP contribution in [0.5, 0.6) is 0 Å². The van der Waals surface area contributed by atoms with Crippen molar-refractivity contribution in [1.82, 2.24) is 0 Å². The van der Waals surface area contributed by atoms with Gasteiger partial charge in [-0.25, -0.2) is 4.79 Å². The molecule has 0 atom stereocenters. The second-order valence-electron chi connectivity index (χ2n) is 7.68. The van der Waals surface area contributed by atoms with Crippen LogP contribution in [-0.4, -0.2) is 36.3 Å². The Hall–Kier alpha value is -0.219. The second-order valence-corrected chi connectivity index (χ2v) is 20.5. The number of hydrogen-bond acceptors (Lipinski definition) is 3. The molecule has 0 aliphatic carbocycles. The summed E-state index contributed by atoms with van der Waals surface area (Å²) < 4.78 is 12.8. The molecule has 0 aromatic rings. The molecule has 0 aliphatic heterocycles. The van der Waals surface area contributed by atoms with Gasteiger partial charge >= 0.3 is 14.5 Å². The van der Waals surface area contributed by atoms with E-state index in [-0.39, 0.29) is 5.57 Å².